The van der Waals surface area contributed by atoms with E-state index in [-0.39, 0.29) is 0 Å². The first-order valence-corrected chi connectivity index (χ1v) is 8.35. The van der Waals surface area contributed by atoms with Gasteiger partial charge in [0.15, 0.2) is 17.3 Å². The average molecular weight is 481 g/mol. The van der Waals surface area contributed by atoms with Gasteiger partial charge in [-0.3, -0.25) is 0 Å². The molecule has 0 radical (unpaired) electrons. The molecule has 178 valence electrons. The van der Waals surface area contributed by atoms with Gasteiger partial charge in [0.25, 0.3) is 0 Å². The number of alkyl halides is 9. The first-order valence-electron chi connectivity index (χ1n) is 8.35. The molecule has 7 nitrogen and oxygen atoms in total. The van der Waals surface area contributed by atoms with Gasteiger partial charge >= 0.3 is 18.5 Å². The van der Waals surface area contributed by atoms with Crippen LogP contribution in [0, 0.1) is 5.82 Å². The third-order valence-electron chi connectivity index (χ3n) is 3.81. The van der Waals surface area contributed by atoms with Crippen LogP contribution in [-0.2, 0) is 6.18 Å². The monoisotopic (exact) mass is 481 g/mol. The Labute approximate surface area is 172 Å². The normalized spacial score (nSPS) is 14.8. The van der Waals surface area contributed by atoms with Crippen molar-refractivity contribution in [3.05, 3.63) is 17.6 Å². The summed E-state index contributed by atoms with van der Waals surface area (Å²) in [7, 11) is 0. The second kappa shape index (κ2) is 8.42. The molecule has 0 aliphatic carbocycles. The number of nitrogens with two attached hydrogens (primary N) is 1. The fraction of sp³-hybridized carbons (Fsp3) is 0.467. The van der Waals surface area contributed by atoms with E-state index >= 15 is 0 Å². The van der Waals surface area contributed by atoms with Crippen LogP contribution >= 0.6 is 0 Å². The molecular formula is C15H13F10N7. The van der Waals surface area contributed by atoms with Gasteiger partial charge in [-0.25, -0.2) is 9.37 Å². The number of hydrogen-bond donors (Lipinski definition) is 3. The minimum Gasteiger partial charge on any atom is -0.395 e. The number of anilines is 3. The van der Waals surface area contributed by atoms with Crippen LogP contribution in [-0.4, -0.2) is 44.4 Å². The van der Waals surface area contributed by atoms with Crippen LogP contribution in [0.4, 0.5) is 61.5 Å². The minimum atomic E-state index is -5.23. The fourth-order valence-corrected chi connectivity index (χ4v) is 2.03. The van der Waals surface area contributed by atoms with Crippen LogP contribution < -0.4 is 16.4 Å². The van der Waals surface area contributed by atoms with Gasteiger partial charge < -0.3 is 16.4 Å². The smallest absolute Gasteiger partial charge is 0.395 e. The maximum absolute atomic E-state index is 13.9. The topological polar surface area (TPSA) is 102 Å². The Kier molecular flexibility index (Phi) is 6.61. The molecule has 2 atom stereocenters. The third kappa shape index (κ3) is 5.97. The molecule has 0 amide bonds. The number of hydrogen-bond acceptors (Lipinski definition) is 7. The van der Waals surface area contributed by atoms with Gasteiger partial charge in [0.1, 0.15) is 17.8 Å². The molecule has 2 rings (SSSR count). The molecule has 32 heavy (non-hydrogen) atoms. The predicted molar refractivity (Wildman–Crippen MR) is 90.7 cm³/mol. The van der Waals surface area contributed by atoms with Gasteiger partial charge in [-0.15, -0.1) is 0 Å². The number of nitrogens with one attached hydrogen (secondary N) is 2. The molecule has 0 saturated carbocycles. The summed E-state index contributed by atoms with van der Waals surface area (Å²) in [5.41, 5.74) is 0.800. The van der Waals surface area contributed by atoms with Crippen LogP contribution in [0.5, 0.6) is 0 Å². The van der Waals surface area contributed by atoms with Crippen molar-refractivity contribution in [1.82, 2.24) is 19.9 Å². The molecule has 0 saturated heterocycles. The molecule has 2 aromatic heterocycles. The van der Waals surface area contributed by atoms with Gasteiger partial charge in [-0.2, -0.15) is 54.5 Å². The summed E-state index contributed by atoms with van der Waals surface area (Å²) in [6.07, 6.45) is -14.9. The summed E-state index contributed by atoms with van der Waals surface area (Å²) >= 11 is 0. The lowest BCUT2D eigenvalue weighted by Gasteiger charge is -2.20. The van der Waals surface area contributed by atoms with Crippen molar-refractivity contribution < 1.29 is 43.9 Å². The van der Waals surface area contributed by atoms with Crippen molar-refractivity contribution in [2.45, 2.75) is 44.5 Å². The lowest BCUT2D eigenvalue weighted by Crippen LogP contribution is -2.35. The molecule has 0 spiro atoms. The third-order valence-corrected chi connectivity index (χ3v) is 3.81. The molecule has 0 fully saturated rings. The van der Waals surface area contributed by atoms with Crippen LogP contribution in [0.2, 0.25) is 0 Å². The Morgan fingerprint density at radius 1 is 0.781 bits per heavy atom. The summed E-state index contributed by atoms with van der Waals surface area (Å²) in [5, 5.41) is 3.48. The number of halogens is 10. The number of aromatic nitrogens is 4. The molecule has 2 aromatic rings. The Balaban J connectivity index is 2.62. The van der Waals surface area contributed by atoms with E-state index in [1.165, 1.54) is 0 Å². The van der Waals surface area contributed by atoms with E-state index in [2.05, 4.69) is 19.9 Å². The Morgan fingerprint density at radius 3 is 1.59 bits per heavy atom. The summed E-state index contributed by atoms with van der Waals surface area (Å²) in [4.78, 5) is 13.3. The first-order chi connectivity index (χ1) is 14.4. The highest BCUT2D eigenvalue weighted by atomic mass is 19.4. The lowest BCUT2D eigenvalue weighted by atomic mass is 10.2. The summed E-state index contributed by atoms with van der Waals surface area (Å²) in [5.74, 6) is -4.47. The van der Waals surface area contributed by atoms with Crippen molar-refractivity contribution in [3.8, 4) is 11.5 Å². The van der Waals surface area contributed by atoms with Crippen molar-refractivity contribution >= 4 is 17.6 Å². The Hall–Kier alpha value is -3.14. The van der Waals surface area contributed by atoms with Gasteiger partial charge in [0.05, 0.1) is 5.69 Å². The summed E-state index contributed by atoms with van der Waals surface area (Å²) < 4.78 is 130. The zero-order chi connectivity index (χ0) is 24.6. The molecule has 0 bridgehead atoms. The van der Waals surface area contributed by atoms with E-state index in [0.29, 0.717) is 19.9 Å². The quantitative estimate of drug-likeness (QED) is 0.545. The van der Waals surface area contributed by atoms with Crippen molar-refractivity contribution in [3.63, 3.8) is 0 Å². The zero-order valence-electron chi connectivity index (χ0n) is 15.9. The van der Waals surface area contributed by atoms with Gasteiger partial charge in [-0.05, 0) is 13.8 Å². The molecule has 0 aliphatic rings. The van der Waals surface area contributed by atoms with E-state index in [1.807, 2.05) is 0 Å². The molecule has 0 aliphatic heterocycles. The number of rotatable bonds is 5. The fourth-order valence-electron chi connectivity index (χ4n) is 2.03. The van der Waals surface area contributed by atoms with Crippen molar-refractivity contribution in [2.24, 2.45) is 0 Å². The average Bonchev–Trinajstić information content (AvgIpc) is 2.61. The second-order valence-electron chi connectivity index (χ2n) is 6.37. The highest BCUT2D eigenvalue weighted by Crippen LogP contribution is 2.35. The Bertz CT molecular complexity index is 930. The van der Waals surface area contributed by atoms with Crippen molar-refractivity contribution in [2.75, 3.05) is 16.4 Å². The largest absolute Gasteiger partial charge is 0.435 e. The summed E-state index contributed by atoms with van der Waals surface area (Å²) in [6.45, 7) is 1.25. The number of nitrogens with zero attached hydrogens (tertiary/aromatic N) is 4. The molecule has 0 unspecified atom stereocenters. The SMILES string of the molecule is C[C@@H](Nc1nc(N[C@H](C)C(F)(F)F)nc(-c2cc(F)c(N)c(C(F)(F)F)n2)n1)C(F)(F)F. The second-order valence-corrected chi connectivity index (χ2v) is 6.37. The minimum absolute atomic E-state index is 0.341. The maximum atomic E-state index is 13.9. The predicted octanol–water partition coefficient (Wildman–Crippen LogP) is 4.40. The molecule has 0 aromatic carbocycles. The van der Waals surface area contributed by atoms with Crippen LogP contribution in [0.3, 0.4) is 0 Å². The van der Waals surface area contributed by atoms with Crippen LogP contribution in [0.25, 0.3) is 11.5 Å². The van der Waals surface area contributed by atoms with Crippen LogP contribution in [0.1, 0.15) is 19.5 Å². The van der Waals surface area contributed by atoms with Gasteiger partial charge in [0, 0.05) is 6.07 Å². The highest BCUT2D eigenvalue weighted by molar-refractivity contribution is 5.59. The lowest BCUT2D eigenvalue weighted by molar-refractivity contribution is -0.141. The van der Waals surface area contributed by atoms with Crippen molar-refractivity contribution in [1.29, 1.82) is 0 Å². The Morgan fingerprint density at radius 2 is 1.22 bits per heavy atom. The van der Waals surface area contributed by atoms with E-state index in [0.717, 1.165) is 0 Å². The molecule has 17 heteroatoms. The first kappa shape index (κ1) is 25.1. The summed E-state index contributed by atoms with van der Waals surface area (Å²) in [6, 6.07) is -4.28. The standard InChI is InChI=1S/C15H13F10N7/c1-4(13(17,18)19)27-11-30-10(31-12(32-11)28-5(2)14(20,21)22)7-3-6(16)8(26)9(29-7)15(23,24)25/h3-5H,26H2,1-2H3,(H2,27,28,30,31,32)/t4-,5-/m1/s1. The molecule has 4 N–H and O–H groups in total. The molecular weight excluding hydrogens is 468 g/mol. The van der Waals surface area contributed by atoms with E-state index in [4.69, 9.17) is 5.73 Å². The maximum Gasteiger partial charge on any atom is 0.435 e. The van der Waals surface area contributed by atoms with Crippen LogP contribution in [0.15, 0.2) is 6.07 Å². The number of nitrogen functional groups attached to an aromatic ring is 1. The van der Waals surface area contributed by atoms with Gasteiger partial charge in [-0.1, -0.05) is 0 Å². The van der Waals surface area contributed by atoms with Gasteiger partial charge in [0.2, 0.25) is 11.9 Å². The molecule has 2 heterocycles. The zero-order valence-corrected chi connectivity index (χ0v) is 15.9. The number of pyridine rings is 1. The highest BCUT2D eigenvalue weighted by Gasteiger charge is 2.39. The van der Waals surface area contributed by atoms with E-state index in [9.17, 15) is 43.9 Å². The van der Waals surface area contributed by atoms with E-state index in [1.54, 1.807) is 10.6 Å². The van der Waals surface area contributed by atoms with E-state index < -0.39 is 71.2 Å².